The van der Waals surface area contributed by atoms with Gasteiger partial charge in [0.15, 0.2) is 5.69 Å². The van der Waals surface area contributed by atoms with Gasteiger partial charge in [-0.1, -0.05) is 0 Å². The van der Waals surface area contributed by atoms with E-state index < -0.39 is 17.5 Å². The quantitative estimate of drug-likeness (QED) is 0.836. The fraction of sp³-hybridized carbons (Fsp3) is 0.235. The lowest BCUT2D eigenvalue weighted by Crippen LogP contribution is -2.25. The van der Waals surface area contributed by atoms with Crippen molar-refractivity contribution in [1.29, 1.82) is 5.26 Å². The molecule has 1 aromatic carbocycles. The molecule has 0 aliphatic heterocycles. The van der Waals surface area contributed by atoms with Crippen LogP contribution in [0.1, 0.15) is 47.2 Å². The number of esters is 1. The molecule has 7 nitrogen and oxygen atoms in total. The standard InChI is InChI=1S/C17H17N3O4/c1-17(2,3)24-16(23)14-13(19)12(15(21)22)9-20(14)11-6-4-10(8-18)5-7-11/h4-7,9H,19H2,1-3H3,(H,21,22). The summed E-state index contributed by atoms with van der Waals surface area (Å²) in [5.74, 6) is -1.97. The minimum Gasteiger partial charge on any atom is -0.478 e. The summed E-state index contributed by atoms with van der Waals surface area (Å²) in [5.41, 5.74) is 5.62. The van der Waals surface area contributed by atoms with E-state index in [1.165, 1.54) is 10.8 Å². The third kappa shape index (κ3) is 3.38. The highest BCUT2D eigenvalue weighted by molar-refractivity contribution is 6.03. The molecule has 0 bridgehead atoms. The predicted molar refractivity (Wildman–Crippen MR) is 87.0 cm³/mol. The number of carbonyl (C=O) groups is 2. The van der Waals surface area contributed by atoms with Crippen molar-refractivity contribution in [3.05, 3.63) is 47.3 Å². The average molecular weight is 327 g/mol. The first-order chi connectivity index (χ1) is 11.1. The minimum absolute atomic E-state index is 0.0629. The van der Waals surface area contributed by atoms with Gasteiger partial charge in [-0.05, 0) is 45.0 Å². The van der Waals surface area contributed by atoms with Crippen LogP contribution in [0.2, 0.25) is 0 Å². The van der Waals surface area contributed by atoms with Gasteiger partial charge in [-0.15, -0.1) is 0 Å². The first-order valence-corrected chi connectivity index (χ1v) is 7.12. The molecule has 2 aromatic rings. The second-order valence-electron chi connectivity index (χ2n) is 6.14. The van der Waals surface area contributed by atoms with E-state index in [9.17, 15) is 14.7 Å². The Balaban J connectivity index is 2.61. The fourth-order valence-corrected chi connectivity index (χ4v) is 2.13. The van der Waals surface area contributed by atoms with Crippen molar-refractivity contribution in [2.24, 2.45) is 0 Å². The van der Waals surface area contributed by atoms with E-state index in [2.05, 4.69) is 0 Å². The molecule has 0 saturated carbocycles. The Morgan fingerprint density at radius 3 is 2.29 bits per heavy atom. The summed E-state index contributed by atoms with van der Waals surface area (Å²) in [5, 5.41) is 18.1. The van der Waals surface area contributed by atoms with Gasteiger partial charge in [-0.25, -0.2) is 9.59 Å². The van der Waals surface area contributed by atoms with Crippen molar-refractivity contribution in [2.45, 2.75) is 26.4 Å². The summed E-state index contributed by atoms with van der Waals surface area (Å²) in [6.45, 7) is 5.11. The van der Waals surface area contributed by atoms with E-state index in [1.54, 1.807) is 45.0 Å². The number of carbonyl (C=O) groups excluding carboxylic acids is 1. The second kappa shape index (κ2) is 6.08. The van der Waals surface area contributed by atoms with Crippen molar-refractivity contribution in [2.75, 3.05) is 5.73 Å². The predicted octanol–water partition coefficient (Wildman–Crippen LogP) is 2.58. The number of ether oxygens (including phenoxy) is 1. The molecular formula is C17H17N3O4. The van der Waals surface area contributed by atoms with E-state index in [-0.39, 0.29) is 16.9 Å². The van der Waals surface area contributed by atoms with Crippen LogP contribution in [0.3, 0.4) is 0 Å². The summed E-state index contributed by atoms with van der Waals surface area (Å²) in [4.78, 5) is 23.8. The van der Waals surface area contributed by atoms with E-state index in [1.807, 2.05) is 6.07 Å². The molecule has 24 heavy (non-hydrogen) atoms. The molecule has 2 rings (SSSR count). The van der Waals surface area contributed by atoms with Crippen molar-refractivity contribution in [3.63, 3.8) is 0 Å². The first-order valence-electron chi connectivity index (χ1n) is 7.12. The third-order valence-electron chi connectivity index (χ3n) is 3.14. The van der Waals surface area contributed by atoms with Crippen LogP contribution in [0.5, 0.6) is 0 Å². The Morgan fingerprint density at radius 2 is 1.83 bits per heavy atom. The number of nitrogen functional groups attached to an aromatic ring is 1. The topological polar surface area (TPSA) is 118 Å². The van der Waals surface area contributed by atoms with Crippen molar-refractivity contribution in [3.8, 4) is 11.8 Å². The molecule has 0 spiro atoms. The van der Waals surface area contributed by atoms with Crippen LogP contribution in [0, 0.1) is 11.3 Å². The van der Waals surface area contributed by atoms with Crippen LogP contribution in [-0.4, -0.2) is 27.2 Å². The fourth-order valence-electron chi connectivity index (χ4n) is 2.13. The van der Waals surface area contributed by atoms with E-state index in [0.717, 1.165) is 0 Å². The summed E-state index contributed by atoms with van der Waals surface area (Å²) < 4.78 is 6.67. The van der Waals surface area contributed by atoms with Crippen LogP contribution < -0.4 is 5.73 Å². The average Bonchev–Trinajstić information content (AvgIpc) is 2.83. The van der Waals surface area contributed by atoms with Crippen LogP contribution in [0.25, 0.3) is 5.69 Å². The highest BCUT2D eigenvalue weighted by Gasteiger charge is 2.28. The zero-order chi connectivity index (χ0) is 18.1. The first kappa shape index (κ1) is 17.1. The highest BCUT2D eigenvalue weighted by Crippen LogP contribution is 2.27. The van der Waals surface area contributed by atoms with Gasteiger partial charge in [0, 0.05) is 11.9 Å². The molecule has 0 amide bonds. The number of nitrogens with zero attached hydrogens (tertiary/aromatic N) is 2. The molecule has 0 aliphatic rings. The summed E-state index contributed by atoms with van der Waals surface area (Å²) in [6.07, 6.45) is 1.26. The molecule has 1 aromatic heterocycles. The van der Waals surface area contributed by atoms with Crippen LogP contribution in [0.15, 0.2) is 30.5 Å². The maximum absolute atomic E-state index is 12.5. The Kier molecular flexibility index (Phi) is 4.33. The number of carboxylic acids is 1. The Labute approximate surface area is 138 Å². The number of anilines is 1. The number of aromatic carboxylic acids is 1. The number of nitrogens with two attached hydrogens (primary N) is 1. The van der Waals surface area contributed by atoms with E-state index >= 15 is 0 Å². The molecule has 3 N–H and O–H groups in total. The molecule has 0 atom stereocenters. The number of aromatic nitrogens is 1. The third-order valence-corrected chi connectivity index (χ3v) is 3.14. The van der Waals surface area contributed by atoms with Gasteiger partial charge >= 0.3 is 11.9 Å². The van der Waals surface area contributed by atoms with Gasteiger partial charge in [-0.2, -0.15) is 5.26 Å². The van der Waals surface area contributed by atoms with Gasteiger partial charge in [0.05, 0.1) is 17.3 Å². The number of hydrogen-bond donors (Lipinski definition) is 2. The van der Waals surface area contributed by atoms with E-state index in [0.29, 0.717) is 11.3 Å². The van der Waals surface area contributed by atoms with E-state index in [4.69, 9.17) is 15.7 Å². The molecule has 0 saturated heterocycles. The molecule has 0 aliphatic carbocycles. The Bertz CT molecular complexity index is 836. The lowest BCUT2D eigenvalue weighted by molar-refractivity contribution is 0.00618. The lowest BCUT2D eigenvalue weighted by Gasteiger charge is -2.20. The Hall–Kier alpha value is -3.27. The molecule has 0 radical (unpaired) electrons. The maximum Gasteiger partial charge on any atom is 0.358 e. The van der Waals surface area contributed by atoms with Crippen molar-refractivity contribution in [1.82, 2.24) is 4.57 Å². The van der Waals surface area contributed by atoms with Crippen LogP contribution in [0.4, 0.5) is 5.69 Å². The zero-order valence-corrected chi connectivity index (χ0v) is 13.5. The van der Waals surface area contributed by atoms with Gasteiger partial charge in [-0.3, -0.25) is 0 Å². The molecule has 0 unspecified atom stereocenters. The van der Waals surface area contributed by atoms with Crippen LogP contribution >= 0.6 is 0 Å². The zero-order valence-electron chi connectivity index (χ0n) is 13.5. The molecular weight excluding hydrogens is 310 g/mol. The molecule has 7 heteroatoms. The SMILES string of the molecule is CC(C)(C)OC(=O)c1c(N)c(C(=O)O)cn1-c1ccc(C#N)cc1. The Morgan fingerprint density at radius 1 is 1.25 bits per heavy atom. The summed E-state index contributed by atoms with van der Waals surface area (Å²) in [6, 6.07) is 8.30. The van der Waals surface area contributed by atoms with Gasteiger partial charge in [0.1, 0.15) is 11.2 Å². The number of benzene rings is 1. The van der Waals surface area contributed by atoms with Gasteiger partial charge < -0.3 is 20.1 Å². The largest absolute Gasteiger partial charge is 0.478 e. The monoisotopic (exact) mass is 327 g/mol. The van der Waals surface area contributed by atoms with Crippen molar-refractivity contribution >= 4 is 17.6 Å². The van der Waals surface area contributed by atoms with Crippen molar-refractivity contribution < 1.29 is 19.4 Å². The molecule has 124 valence electrons. The highest BCUT2D eigenvalue weighted by atomic mass is 16.6. The number of carboxylic acid groups (broad SMARTS) is 1. The minimum atomic E-state index is -1.25. The van der Waals surface area contributed by atoms with Crippen LogP contribution in [-0.2, 0) is 4.74 Å². The number of nitriles is 1. The second-order valence-corrected chi connectivity index (χ2v) is 6.14. The summed E-state index contributed by atoms with van der Waals surface area (Å²) >= 11 is 0. The lowest BCUT2D eigenvalue weighted by atomic mass is 10.2. The number of rotatable bonds is 3. The molecule has 1 heterocycles. The molecule has 0 fully saturated rings. The number of hydrogen-bond acceptors (Lipinski definition) is 5. The smallest absolute Gasteiger partial charge is 0.358 e. The maximum atomic E-state index is 12.5. The summed E-state index contributed by atoms with van der Waals surface area (Å²) in [7, 11) is 0. The normalized spacial score (nSPS) is 10.9. The van der Waals surface area contributed by atoms with Gasteiger partial charge in [0.2, 0.25) is 0 Å². The van der Waals surface area contributed by atoms with Gasteiger partial charge in [0.25, 0.3) is 0 Å².